The van der Waals surface area contributed by atoms with E-state index in [9.17, 15) is 9.59 Å². The number of rotatable bonds is 8. The summed E-state index contributed by atoms with van der Waals surface area (Å²) in [4.78, 5) is 29.9. The third-order valence-electron chi connectivity index (χ3n) is 4.52. The molecule has 1 atom stereocenters. The van der Waals surface area contributed by atoms with Crippen molar-refractivity contribution in [2.24, 2.45) is 0 Å². The molecule has 0 amide bonds. The highest BCUT2D eigenvalue weighted by molar-refractivity contribution is 7.99. The second kappa shape index (κ2) is 9.55. The average Bonchev–Trinajstić information content (AvgIpc) is 2.73. The molecular weight excluding hydrogens is 372 g/mol. The van der Waals surface area contributed by atoms with Crippen molar-refractivity contribution in [2.45, 2.75) is 37.9 Å². The molecule has 0 spiro atoms. The maximum atomic E-state index is 13.2. The highest BCUT2D eigenvalue weighted by Gasteiger charge is 2.19. The first-order chi connectivity index (χ1) is 13.6. The predicted octanol–water partition coefficient (Wildman–Crippen LogP) is 4.44. The number of hydrogen-bond acceptors (Lipinski definition) is 5. The molecule has 3 aromatic rings. The number of ether oxygens (including phenoxy) is 1. The van der Waals surface area contributed by atoms with Crippen molar-refractivity contribution in [3.63, 3.8) is 0 Å². The highest BCUT2D eigenvalue weighted by atomic mass is 32.2. The van der Waals surface area contributed by atoms with Crippen LogP contribution >= 0.6 is 11.8 Å². The van der Waals surface area contributed by atoms with Crippen LogP contribution in [0.3, 0.4) is 0 Å². The number of fused-ring (bicyclic) bond motifs is 1. The van der Waals surface area contributed by atoms with Crippen LogP contribution < -0.4 is 5.56 Å². The summed E-state index contributed by atoms with van der Waals surface area (Å²) in [6, 6.07) is 16.9. The van der Waals surface area contributed by atoms with Gasteiger partial charge in [-0.15, -0.1) is 0 Å². The van der Waals surface area contributed by atoms with Gasteiger partial charge in [-0.1, -0.05) is 67.6 Å². The van der Waals surface area contributed by atoms with Crippen molar-refractivity contribution in [1.29, 1.82) is 0 Å². The Morgan fingerprint density at radius 2 is 1.86 bits per heavy atom. The number of carbonyl (C=O) groups excluding carboxylic acids is 1. The monoisotopic (exact) mass is 396 g/mol. The zero-order valence-electron chi connectivity index (χ0n) is 16.1. The Kier molecular flexibility index (Phi) is 6.87. The summed E-state index contributed by atoms with van der Waals surface area (Å²) in [6.07, 6.45) is 1.82. The normalized spacial score (nSPS) is 12.1. The van der Waals surface area contributed by atoms with Gasteiger partial charge in [0.1, 0.15) is 0 Å². The molecule has 2 aromatic carbocycles. The fraction of sp³-hybridized carbons (Fsp3) is 0.318. The minimum Gasteiger partial charge on any atom is -0.465 e. The van der Waals surface area contributed by atoms with E-state index in [4.69, 9.17) is 4.74 Å². The summed E-state index contributed by atoms with van der Waals surface area (Å²) >= 11 is 1.24. The Bertz CT molecular complexity index is 1000. The summed E-state index contributed by atoms with van der Waals surface area (Å²) in [6.45, 7) is 4.44. The Morgan fingerprint density at radius 3 is 2.61 bits per heavy atom. The van der Waals surface area contributed by atoms with Crippen LogP contribution in [0.2, 0.25) is 0 Å². The molecule has 0 unspecified atom stereocenters. The van der Waals surface area contributed by atoms with Crippen LogP contribution in [0.4, 0.5) is 0 Å². The number of nitrogens with zero attached hydrogens (tertiary/aromatic N) is 2. The Balaban J connectivity index is 1.95. The van der Waals surface area contributed by atoms with Gasteiger partial charge >= 0.3 is 5.97 Å². The predicted molar refractivity (Wildman–Crippen MR) is 113 cm³/mol. The number of carbonyl (C=O) groups is 1. The third-order valence-corrected chi connectivity index (χ3v) is 5.45. The number of thioether (sulfide) groups is 1. The Labute approximate surface area is 168 Å². The van der Waals surface area contributed by atoms with E-state index in [2.05, 4.69) is 4.98 Å². The summed E-state index contributed by atoms with van der Waals surface area (Å²) in [7, 11) is 0. The molecule has 1 aromatic heterocycles. The van der Waals surface area contributed by atoms with Crippen LogP contribution in [0.1, 0.15) is 38.3 Å². The Morgan fingerprint density at radius 1 is 1.14 bits per heavy atom. The number of esters is 1. The third kappa shape index (κ3) is 4.62. The van der Waals surface area contributed by atoms with Gasteiger partial charge in [-0.3, -0.25) is 14.2 Å². The summed E-state index contributed by atoms with van der Waals surface area (Å²) in [5.41, 5.74) is 1.53. The summed E-state index contributed by atoms with van der Waals surface area (Å²) in [5.74, 6) is -0.171. The van der Waals surface area contributed by atoms with E-state index in [1.165, 1.54) is 11.8 Å². The lowest BCUT2D eigenvalue weighted by Gasteiger charge is -2.19. The number of hydrogen-bond donors (Lipinski definition) is 0. The SMILES string of the molecule is CCCCOC(=O)CSc1nc2ccccc2c(=O)n1[C@H](C)c1ccccc1. The van der Waals surface area contributed by atoms with Crippen molar-refractivity contribution in [3.05, 3.63) is 70.5 Å². The van der Waals surface area contributed by atoms with Crippen LogP contribution in [0.25, 0.3) is 10.9 Å². The molecule has 0 radical (unpaired) electrons. The maximum Gasteiger partial charge on any atom is 0.316 e. The zero-order chi connectivity index (χ0) is 19.9. The van der Waals surface area contributed by atoms with Crippen molar-refractivity contribution in [3.8, 4) is 0 Å². The van der Waals surface area contributed by atoms with Gasteiger partial charge in [0.05, 0.1) is 29.3 Å². The lowest BCUT2D eigenvalue weighted by Crippen LogP contribution is -2.27. The number of benzene rings is 2. The van der Waals surface area contributed by atoms with E-state index >= 15 is 0 Å². The second-order valence-corrected chi connectivity index (χ2v) is 7.48. The fourth-order valence-electron chi connectivity index (χ4n) is 2.94. The molecule has 0 aliphatic carbocycles. The highest BCUT2D eigenvalue weighted by Crippen LogP contribution is 2.25. The molecule has 5 nitrogen and oxygen atoms in total. The molecule has 0 saturated carbocycles. The molecule has 0 bridgehead atoms. The smallest absolute Gasteiger partial charge is 0.316 e. The molecule has 28 heavy (non-hydrogen) atoms. The largest absolute Gasteiger partial charge is 0.465 e. The zero-order valence-corrected chi connectivity index (χ0v) is 16.9. The van der Waals surface area contributed by atoms with Crippen molar-refractivity contribution in [2.75, 3.05) is 12.4 Å². The number of unbranched alkanes of at least 4 members (excludes halogenated alkanes) is 1. The molecule has 0 saturated heterocycles. The number of aromatic nitrogens is 2. The van der Waals surface area contributed by atoms with E-state index in [1.807, 2.05) is 62.4 Å². The van der Waals surface area contributed by atoms with E-state index in [0.717, 1.165) is 18.4 Å². The minimum atomic E-state index is -0.292. The lowest BCUT2D eigenvalue weighted by molar-refractivity contribution is -0.140. The molecular formula is C22H24N2O3S. The second-order valence-electron chi connectivity index (χ2n) is 6.54. The molecule has 0 N–H and O–H groups in total. The maximum absolute atomic E-state index is 13.2. The fourth-order valence-corrected chi connectivity index (χ4v) is 3.82. The molecule has 0 aliphatic rings. The molecule has 0 fully saturated rings. The molecule has 146 valence electrons. The van der Waals surface area contributed by atoms with E-state index < -0.39 is 0 Å². The molecule has 6 heteroatoms. The van der Waals surface area contributed by atoms with E-state index in [1.54, 1.807) is 10.6 Å². The average molecular weight is 397 g/mol. The van der Waals surface area contributed by atoms with Gasteiger partial charge in [0.15, 0.2) is 5.16 Å². The topological polar surface area (TPSA) is 61.2 Å². The van der Waals surface area contributed by atoms with Crippen LogP contribution in [-0.2, 0) is 9.53 Å². The summed E-state index contributed by atoms with van der Waals surface area (Å²) < 4.78 is 6.90. The number of para-hydroxylation sites is 1. The van der Waals surface area contributed by atoms with Gasteiger partial charge in [-0.05, 0) is 31.0 Å². The van der Waals surface area contributed by atoms with E-state index in [0.29, 0.717) is 22.7 Å². The quantitative estimate of drug-likeness (QED) is 0.244. The van der Waals surface area contributed by atoms with Crippen LogP contribution in [0, 0.1) is 0 Å². The van der Waals surface area contributed by atoms with Crippen molar-refractivity contribution >= 4 is 28.6 Å². The first-order valence-electron chi connectivity index (χ1n) is 9.46. The van der Waals surface area contributed by atoms with Gasteiger partial charge in [0.2, 0.25) is 0 Å². The van der Waals surface area contributed by atoms with Crippen molar-refractivity contribution in [1.82, 2.24) is 9.55 Å². The van der Waals surface area contributed by atoms with Gasteiger partial charge in [-0.2, -0.15) is 0 Å². The van der Waals surface area contributed by atoms with Crippen molar-refractivity contribution < 1.29 is 9.53 Å². The van der Waals surface area contributed by atoms with Crippen LogP contribution in [-0.4, -0.2) is 27.9 Å². The standard InChI is InChI=1S/C22H24N2O3S/c1-3-4-14-27-20(25)15-28-22-23-19-13-9-8-12-18(19)21(26)24(22)16(2)17-10-6-5-7-11-17/h5-13,16H,3-4,14-15H2,1-2H3/t16-/m1/s1. The van der Waals surface area contributed by atoms with Crippen LogP contribution in [0.15, 0.2) is 64.5 Å². The first kappa shape index (κ1) is 20.1. The van der Waals surface area contributed by atoms with E-state index in [-0.39, 0.29) is 23.3 Å². The first-order valence-corrected chi connectivity index (χ1v) is 10.4. The molecule has 0 aliphatic heterocycles. The molecule has 1 heterocycles. The molecule has 3 rings (SSSR count). The van der Waals surface area contributed by atoms with Gasteiger partial charge in [0.25, 0.3) is 5.56 Å². The Hall–Kier alpha value is -2.60. The van der Waals surface area contributed by atoms with Gasteiger partial charge < -0.3 is 4.74 Å². The van der Waals surface area contributed by atoms with Gasteiger partial charge in [0, 0.05) is 0 Å². The lowest BCUT2D eigenvalue weighted by atomic mass is 10.1. The summed E-state index contributed by atoms with van der Waals surface area (Å²) in [5, 5.41) is 1.09. The van der Waals surface area contributed by atoms with Crippen LogP contribution in [0.5, 0.6) is 0 Å². The van der Waals surface area contributed by atoms with Gasteiger partial charge in [-0.25, -0.2) is 4.98 Å². The minimum absolute atomic E-state index is 0.108.